The number of nitrogens with zero attached hydrogens (tertiary/aromatic N) is 1. The molecule has 0 aromatic heterocycles. The van der Waals surface area contributed by atoms with Crippen LogP contribution in [-0.2, 0) is 0 Å². The van der Waals surface area contributed by atoms with Crippen molar-refractivity contribution >= 4 is 6.03 Å². The first kappa shape index (κ1) is 16.5. The maximum atomic E-state index is 11.8. The Bertz CT molecular complexity index is 391. The third-order valence-corrected chi connectivity index (χ3v) is 3.31. The van der Waals surface area contributed by atoms with Crippen LogP contribution < -0.4 is 10.6 Å². The number of benzene rings is 1. The Kier molecular flexibility index (Phi) is 7.04. The fourth-order valence-corrected chi connectivity index (χ4v) is 1.98. The van der Waals surface area contributed by atoms with Gasteiger partial charge in [0.15, 0.2) is 0 Å². The van der Waals surface area contributed by atoms with Gasteiger partial charge in [0, 0.05) is 6.54 Å². The second-order valence-electron chi connectivity index (χ2n) is 5.03. The molecule has 112 valence electrons. The lowest BCUT2D eigenvalue weighted by atomic mass is 10.1. The van der Waals surface area contributed by atoms with Crippen molar-refractivity contribution in [1.29, 1.82) is 0 Å². The van der Waals surface area contributed by atoms with Crippen LogP contribution in [0.1, 0.15) is 24.9 Å². The number of urea groups is 1. The van der Waals surface area contributed by atoms with E-state index in [0.717, 1.165) is 5.56 Å². The summed E-state index contributed by atoms with van der Waals surface area (Å²) in [5.74, 6) is 0. The van der Waals surface area contributed by atoms with Crippen LogP contribution in [-0.4, -0.2) is 49.3 Å². The molecule has 0 heterocycles. The van der Waals surface area contributed by atoms with Gasteiger partial charge in [0.05, 0.1) is 18.7 Å². The number of likely N-dealkylation sites (N-methyl/N-ethyl adjacent to an activating group) is 1. The number of rotatable bonds is 7. The monoisotopic (exact) mass is 279 g/mol. The van der Waals surface area contributed by atoms with E-state index in [9.17, 15) is 4.79 Å². The van der Waals surface area contributed by atoms with Crippen molar-refractivity contribution in [1.82, 2.24) is 15.5 Å². The van der Waals surface area contributed by atoms with Crippen LogP contribution in [0.15, 0.2) is 30.3 Å². The van der Waals surface area contributed by atoms with Crippen molar-refractivity contribution in [2.24, 2.45) is 0 Å². The average molecular weight is 279 g/mol. The van der Waals surface area contributed by atoms with Crippen LogP contribution in [0.2, 0.25) is 0 Å². The Morgan fingerprint density at radius 3 is 2.45 bits per heavy atom. The molecule has 0 aliphatic heterocycles. The zero-order chi connectivity index (χ0) is 15.0. The number of hydrogen-bond acceptors (Lipinski definition) is 3. The molecule has 0 spiro atoms. The largest absolute Gasteiger partial charge is 0.394 e. The van der Waals surface area contributed by atoms with Gasteiger partial charge in [-0.2, -0.15) is 0 Å². The summed E-state index contributed by atoms with van der Waals surface area (Å²) in [5.41, 5.74) is 1.16. The Hall–Kier alpha value is -1.59. The lowest BCUT2D eigenvalue weighted by molar-refractivity contribution is 0.210. The first-order chi connectivity index (χ1) is 9.58. The van der Waals surface area contributed by atoms with E-state index in [1.165, 1.54) is 0 Å². The summed E-state index contributed by atoms with van der Waals surface area (Å²) in [7, 11) is 3.97. The number of carbonyl (C=O) groups is 1. The average Bonchev–Trinajstić information content (AvgIpc) is 2.45. The van der Waals surface area contributed by atoms with Crippen LogP contribution in [0, 0.1) is 0 Å². The number of aliphatic hydroxyl groups excluding tert-OH is 1. The zero-order valence-corrected chi connectivity index (χ0v) is 12.5. The van der Waals surface area contributed by atoms with Gasteiger partial charge in [-0.25, -0.2) is 4.79 Å². The van der Waals surface area contributed by atoms with Crippen molar-refractivity contribution in [3.05, 3.63) is 35.9 Å². The van der Waals surface area contributed by atoms with E-state index in [0.29, 0.717) is 13.0 Å². The van der Waals surface area contributed by atoms with Gasteiger partial charge in [0.2, 0.25) is 0 Å². The van der Waals surface area contributed by atoms with Crippen LogP contribution in [0.3, 0.4) is 0 Å². The summed E-state index contributed by atoms with van der Waals surface area (Å²) >= 11 is 0. The van der Waals surface area contributed by atoms with Gasteiger partial charge in [-0.15, -0.1) is 0 Å². The maximum absolute atomic E-state index is 11.8. The summed E-state index contributed by atoms with van der Waals surface area (Å²) in [6, 6.07) is 9.74. The molecule has 2 atom stereocenters. The number of aliphatic hydroxyl groups is 1. The highest BCUT2D eigenvalue weighted by atomic mass is 16.3. The third-order valence-electron chi connectivity index (χ3n) is 3.31. The Morgan fingerprint density at radius 1 is 1.30 bits per heavy atom. The standard InChI is InChI=1S/C15H25N3O2/c1-4-13(11-19)17-15(20)16-10-14(18(2)3)12-8-6-5-7-9-12/h5-9,13-14,19H,4,10-11H2,1-3H3,(H2,16,17,20). The van der Waals surface area contributed by atoms with E-state index in [2.05, 4.69) is 15.5 Å². The molecule has 1 rings (SSSR count). The van der Waals surface area contributed by atoms with Gasteiger partial charge in [0.1, 0.15) is 0 Å². The quantitative estimate of drug-likeness (QED) is 0.706. The first-order valence-electron chi connectivity index (χ1n) is 6.95. The van der Waals surface area contributed by atoms with E-state index >= 15 is 0 Å². The van der Waals surface area contributed by atoms with Crippen molar-refractivity contribution in [3.63, 3.8) is 0 Å². The Morgan fingerprint density at radius 2 is 1.95 bits per heavy atom. The molecule has 3 N–H and O–H groups in total. The Labute approximate surface area is 121 Å². The lowest BCUT2D eigenvalue weighted by Crippen LogP contribution is -2.45. The highest BCUT2D eigenvalue weighted by Crippen LogP contribution is 2.16. The van der Waals surface area contributed by atoms with Crippen LogP contribution in [0.25, 0.3) is 0 Å². The van der Waals surface area contributed by atoms with Crippen LogP contribution in [0.5, 0.6) is 0 Å². The van der Waals surface area contributed by atoms with Gasteiger partial charge in [0.25, 0.3) is 0 Å². The summed E-state index contributed by atoms with van der Waals surface area (Å²) in [4.78, 5) is 13.8. The third kappa shape index (κ3) is 5.19. The molecule has 1 aromatic carbocycles. The summed E-state index contributed by atoms with van der Waals surface area (Å²) in [5, 5.41) is 14.7. The second-order valence-corrected chi connectivity index (χ2v) is 5.03. The van der Waals surface area contributed by atoms with Gasteiger partial charge < -0.3 is 20.6 Å². The minimum Gasteiger partial charge on any atom is -0.394 e. The fraction of sp³-hybridized carbons (Fsp3) is 0.533. The molecule has 0 aliphatic rings. The molecule has 5 nitrogen and oxygen atoms in total. The normalized spacial score (nSPS) is 13.8. The van der Waals surface area contributed by atoms with Gasteiger partial charge in [-0.3, -0.25) is 0 Å². The topological polar surface area (TPSA) is 64.6 Å². The Balaban J connectivity index is 2.54. The molecule has 0 aliphatic carbocycles. The van der Waals surface area contributed by atoms with E-state index in [-0.39, 0.29) is 24.7 Å². The summed E-state index contributed by atoms with van der Waals surface area (Å²) in [6.07, 6.45) is 0.708. The smallest absolute Gasteiger partial charge is 0.315 e. The van der Waals surface area contributed by atoms with E-state index < -0.39 is 0 Å². The fourth-order valence-electron chi connectivity index (χ4n) is 1.98. The predicted octanol–water partition coefficient (Wildman–Crippen LogP) is 1.36. The number of nitrogens with one attached hydrogen (secondary N) is 2. The molecule has 0 fully saturated rings. The van der Waals surface area contributed by atoms with Gasteiger partial charge in [-0.05, 0) is 26.1 Å². The zero-order valence-electron chi connectivity index (χ0n) is 12.5. The number of hydrogen-bond donors (Lipinski definition) is 3. The molecule has 0 bridgehead atoms. The van der Waals surface area contributed by atoms with Crippen molar-refractivity contribution in [3.8, 4) is 0 Å². The molecule has 1 aromatic rings. The van der Waals surface area contributed by atoms with E-state index in [4.69, 9.17) is 5.11 Å². The molecule has 0 saturated heterocycles. The van der Waals surface area contributed by atoms with Crippen LogP contribution in [0.4, 0.5) is 4.79 Å². The highest BCUT2D eigenvalue weighted by Gasteiger charge is 2.15. The molecular weight excluding hydrogens is 254 g/mol. The molecule has 2 unspecified atom stereocenters. The number of amides is 2. The molecule has 5 heteroatoms. The predicted molar refractivity (Wildman–Crippen MR) is 80.6 cm³/mol. The minimum atomic E-state index is -0.242. The number of carbonyl (C=O) groups excluding carboxylic acids is 1. The molecular formula is C15H25N3O2. The molecule has 0 radical (unpaired) electrons. The second kappa shape index (κ2) is 8.55. The molecule has 2 amide bonds. The van der Waals surface area contributed by atoms with Crippen LogP contribution >= 0.6 is 0 Å². The maximum Gasteiger partial charge on any atom is 0.315 e. The van der Waals surface area contributed by atoms with Crippen molar-refractivity contribution < 1.29 is 9.90 Å². The van der Waals surface area contributed by atoms with E-state index in [1.54, 1.807) is 0 Å². The van der Waals surface area contributed by atoms with Crippen molar-refractivity contribution in [2.45, 2.75) is 25.4 Å². The van der Waals surface area contributed by atoms with Gasteiger partial charge >= 0.3 is 6.03 Å². The van der Waals surface area contributed by atoms with Gasteiger partial charge in [-0.1, -0.05) is 37.3 Å². The lowest BCUT2D eigenvalue weighted by Gasteiger charge is -2.25. The highest BCUT2D eigenvalue weighted by molar-refractivity contribution is 5.74. The molecule has 0 saturated carbocycles. The summed E-state index contributed by atoms with van der Waals surface area (Å²) < 4.78 is 0. The van der Waals surface area contributed by atoms with E-state index in [1.807, 2.05) is 51.4 Å². The SMILES string of the molecule is CCC(CO)NC(=O)NCC(c1ccccc1)N(C)C. The summed E-state index contributed by atoms with van der Waals surface area (Å²) in [6.45, 7) is 2.40. The minimum absolute atomic E-state index is 0.0420. The first-order valence-corrected chi connectivity index (χ1v) is 6.95. The van der Waals surface area contributed by atoms with Crippen molar-refractivity contribution in [2.75, 3.05) is 27.2 Å². The molecule has 20 heavy (non-hydrogen) atoms.